The molecule has 0 saturated carbocycles. The van der Waals surface area contributed by atoms with Gasteiger partial charge in [-0.15, -0.1) is 0 Å². The molecule has 1 atom stereocenters. The van der Waals surface area contributed by atoms with E-state index >= 15 is 0 Å². The fourth-order valence-electron chi connectivity index (χ4n) is 3.73. The molecule has 5 nitrogen and oxygen atoms in total. The van der Waals surface area contributed by atoms with Crippen molar-refractivity contribution in [2.24, 2.45) is 0 Å². The molecule has 28 heavy (non-hydrogen) atoms. The maximum Gasteiger partial charge on any atom is 0.220 e. The molecular weight excluding hydrogens is 348 g/mol. The lowest BCUT2D eigenvalue weighted by atomic mass is 9.99. The van der Waals surface area contributed by atoms with Crippen molar-refractivity contribution < 1.29 is 4.79 Å². The zero-order chi connectivity index (χ0) is 20.1. The average Bonchev–Trinajstić information content (AvgIpc) is 2.97. The van der Waals surface area contributed by atoms with E-state index in [9.17, 15) is 4.79 Å². The van der Waals surface area contributed by atoms with Crippen molar-refractivity contribution in [1.82, 2.24) is 15.1 Å². The number of benzene rings is 2. The van der Waals surface area contributed by atoms with Gasteiger partial charge >= 0.3 is 0 Å². The molecule has 0 radical (unpaired) electrons. The Labute approximate surface area is 166 Å². The van der Waals surface area contributed by atoms with Crippen LogP contribution in [0, 0.1) is 25.2 Å². The largest absolute Gasteiger partial charge is 0.350 e. The van der Waals surface area contributed by atoms with Gasteiger partial charge in [0, 0.05) is 12.1 Å². The number of nitrogens with zero attached hydrogens (tertiary/aromatic N) is 3. The fraction of sp³-hybridized carbons (Fsp3) is 0.348. The van der Waals surface area contributed by atoms with Crippen molar-refractivity contribution in [3.63, 3.8) is 0 Å². The minimum atomic E-state index is -0.0563. The Morgan fingerprint density at radius 3 is 2.75 bits per heavy atom. The Morgan fingerprint density at radius 2 is 1.96 bits per heavy atom. The molecule has 5 heteroatoms. The predicted molar refractivity (Wildman–Crippen MR) is 111 cm³/mol. The summed E-state index contributed by atoms with van der Waals surface area (Å²) in [4.78, 5) is 12.6. The third kappa shape index (κ3) is 4.23. The highest BCUT2D eigenvalue weighted by atomic mass is 16.1. The zero-order valence-electron chi connectivity index (χ0n) is 16.7. The molecule has 3 aromatic rings. The number of rotatable bonds is 7. The first-order valence-electron chi connectivity index (χ1n) is 9.68. The molecule has 144 valence electrons. The van der Waals surface area contributed by atoms with E-state index in [0.29, 0.717) is 25.8 Å². The van der Waals surface area contributed by atoms with Gasteiger partial charge in [-0.2, -0.15) is 10.4 Å². The molecule has 0 aliphatic carbocycles. The number of carbonyl (C=O) groups is 1. The van der Waals surface area contributed by atoms with Crippen LogP contribution in [0.25, 0.3) is 10.8 Å². The Bertz CT molecular complexity index is 1020. The molecule has 1 N–H and O–H groups in total. The first-order valence-corrected chi connectivity index (χ1v) is 9.68. The van der Waals surface area contributed by atoms with Gasteiger partial charge in [-0.05, 0) is 49.1 Å². The van der Waals surface area contributed by atoms with Crippen molar-refractivity contribution in [3.8, 4) is 6.07 Å². The number of fused-ring (bicyclic) bond motifs is 1. The number of carbonyl (C=O) groups excluding carboxylic acids is 1. The van der Waals surface area contributed by atoms with Gasteiger partial charge in [0.15, 0.2) is 0 Å². The summed E-state index contributed by atoms with van der Waals surface area (Å²) in [5, 5.41) is 18.7. The molecule has 2 aromatic carbocycles. The van der Waals surface area contributed by atoms with E-state index in [2.05, 4.69) is 40.8 Å². The molecular formula is C23H26N4O. The standard InChI is InChI=1S/C23H26N4O/c1-16(21-11-6-9-19-8-4-5-10-22(19)21)25-23(28)13-12-20-17(2)26-27(18(20)3)15-7-14-24/h4-6,8-11,16H,7,12-13,15H2,1-3H3,(H,25,28)/t16-/m1/s1. The van der Waals surface area contributed by atoms with E-state index in [1.807, 2.05) is 43.7 Å². The van der Waals surface area contributed by atoms with Gasteiger partial charge in [-0.25, -0.2) is 0 Å². The molecule has 0 aliphatic rings. The summed E-state index contributed by atoms with van der Waals surface area (Å²) in [5.41, 5.74) is 4.21. The maximum atomic E-state index is 12.6. The predicted octanol–water partition coefficient (Wildman–Crippen LogP) is 4.38. The van der Waals surface area contributed by atoms with Crippen LogP contribution < -0.4 is 5.32 Å². The zero-order valence-corrected chi connectivity index (χ0v) is 16.7. The minimum Gasteiger partial charge on any atom is -0.350 e. The van der Waals surface area contributed by atoms with Crippen LogP contribution in [-0.4, -0.2) is 15.7 Å². The van der Waals surface area contributed by atoms with Crippen molar-refractivity contribution >= 4 is 16.7 Å². The Kier molecular flexibility index (Phi) is 6.10. The van der Waals surface area contributed by atoms with E-state index in [1.54, 1.807) is 0 Å². The van der Waals surface area contributed by atoms with Crippen molar-refractivity contribution in [2.45, 2.75) is 52.6 Å². The fourth-order valence-corrected chi connectivity index (χ4v) is 3.73. The van der Waals surface area contributed by atoms with Crippen LogP contribution in [-0.2, 0) is 17.8 Å². The molecule has 0 saturated heterocycles. The monoisotopic (exact) mass is 374 g/mol. The van der Waals surface area contributed by atoms with E-state index < -0.39 is 0 Å². The van der Waals surface area contributed by atoms with E-state index in [-0.39, 0.29) is 11.9 Å². The van der Waals surface area contributed by atoms with Gasteiger partial charge in [-0.3, -0.25) is 9.48 Å². The number of aryl methyl sites for hydroxylation is 2. The minimum absolute atomic E-state index is 0.0315. The van der Waals surface area contributed by atoms with E-state index in [1.165, 1.54) is 10.8 Å². The molecule has 0 unspecified atom stereocenters. The first kappa shape index (κ1) is 19.6. The van der Waals surface area contributed by atoms with Gasteiger partial charge in [0.25, 0.3) is 0 Å². The number of amides is 1. The van der Waals surface area contributed by atoms with Crippen LogP contribution in [0.2, 0.25) is 0 Å². The molecule has 1 amide bonds. The lowest BCUT2D eigenvalue weighted by Crippen LogP contribution is -2.27. The highest BCUT2D eigenvalue weighted by Gasteiger charge is 2.15. The number of aromatic nitrogens is 2. The number of hydrogen-bond acceptors (Lipinski definition) is 3. The number of nitriles is 1. The van der Waals surface area contributed by atoms with Crippen molar-refractivity contribution in [1.29, 1.82) is 5.26 Å². The van der Waals surface area contributed by atoms with Crippen LogP contribution >= 0.6 is 0 Å². The normalized spacial score (nSPS) is 11.9. The lowest BCUT2D eigenvalue weighted by Gasteiger charge is -2.17. The second-order valence-corrected chi connectivity index (χ2v) is 7.14. The molecule has 0 fully saturated rings. The Hall–Kier alpha value is -3.13. The topological polar surface area (TPSA) is 70.7 Å². The number of nitrogens with one attached hydrogen (secondary N) is 1. The molecule has 0 spiro atoms. The summed E-state index contributed by atoms with van der Waals surface area (Å²) in [6, 6.07) is 16.5. The molecule has 0 aliphatic heterocycles. The molecule has 1 heterocycles. The van der Waals surface area contributed by atoms with Gasteiger partial charge in [0.1, 0.15) is 0 Å². The average molecular weight is 374 g/mol. The lowest BCUT2D eigenvalue weighted by molar-refractivity contribution is -0.121. The van der Waals surface area contributed by atoms with Gasteiger partial charge in [0.2, 0.25) is 5.91 Å². The van der Waals surface area contributed by atoms with Crippen molar-refractivity contribution in [2.75, 3.05) is 0 Å². The summed E-state index contributed by atoms with van der Waals surface area (Å²) in [7, 11) is 0. The Balaban J connectivity index is 1.65. The van der Waals surface area contributed by atoms with Gasteiger partial charge < -0.3 is 5.32 Å². The second kappa shape index (κ2) is 8.71. The van der Waals surface area contributed by atoms with Gasteiger partial charge in [0.05, 0.1) is 30.8 Å². The number of hydrogen-bond donors (Lipinski definition) is 1. The van der Waals surface area contributed by atoms with Crippen LogP contribution in [0.5, 0.6) is 0 Å². The van der Waals surface area contributed by atoms with Gasteiger partial charge in [-0.1, -0.05) is 42.5 Å². The summed E-state index contributed by atoms with van der Waals surface area (Å²) in [6.07, 6.45) is 1.50. The molecule has 1 aromatic heterocycles. The van der Waals surface area contributed by atoms with E-state index in [4.69, 9.17) is 5.26 Å². The quantitative estimate of drug-likeness (QED) is 0.667. The van der Waals surface area contributed by atoms with E-state index in [0.717, 1.165) is 22.5 Å². The SMILES string of the molecule is Cc1nn(CCC#N)c(C)c1CCC(=O)N[C@H](C)c1cccc2ccccc12. The van der Waals surface area contributed by atoms with Crippen molar-refractivity contribution in [3.05, 3.63) is 65.0 Å². The summed E-state index contributed by atoms with van der Waals surface area (Å²) in [6.45, 7) is 6.58. The molecule has 0 bridgehead atoms. The van der Waals surface area contributed by atoms with Crippen LogP contribution in [0.4, 0.5) is 0 Å². The third-order valence-electron chi connectivity index (χ3n) is 5.24. The highest BCUT2D eigenvalue weighted by molar-refractivity contribution is 5.86. The third-order valence-corrected chi connectivity index (χ3v) is 5.24. The van der Waals surface area contributed by atoms with Crippen LogP contribution in [0.3, 0.4) is 0 Å². The first-order chi connectivity index (χ1) is 13.5. The summed E-state index contributed by atoms with van der Waals surface area (Å²) >= 11 is 0. The second-order valence-electron chi connectivity index (χ2n) is 7.14. The smallest absolute Gasteiger partial charge is 0.220 e. The Morgan fingerprint density at radius 1 is 1.21 bits per heavy atom. The van der Waals surface area contributed by atoms with Crippen LogP contribution in [0.15, 0.2) is 42.5 Å². The summed E-state index contributed by atoms with van der Waals surface area (Å²) in [5.74, 6) is 0.0315. The highest BCUT2D eigenvalue weighted by Crippen LogP contribution is 2.24. The molecule has 3 rings (SSSR count). The summed E-state index contributed by atoms with van der Waals surface area (Å²) < 4.78 is 1.87. The van der Waals surface area contributed by atoms with Crippen LogP contribution in [0.1, 0.15) is 48.3 Å². The maximum absolute atomic E-state index is 12.6.